The molecule has 3 nitrogen and oxygen atoms in total. The number of nitrogens with one attached hydrogen (secondary N) is 1. The first-order chi connectivity index (χ1) is 9.51. The minimum Gasteiger partial charge on any atom is -0.338 e. The first kappa shape index (κ1) is 13.4. The Morgan fingerprint density at radius 1 is 1.20 bits per heavy atom. The maximum Gasteiger partial charge on any atom is 0.259 e. The van der Waals surface area contributed by atoms with E-state index in [1.54, 1.807) is 0 Å². The van der Waals surface area contributed by atoms with E-state index >= 15 is 0 Å². The fourth-order valence-corrected chi connectivity index (χ4v) is 3.16. The molecule has 2 aliphatic heterocycles. The van der Waals surface area contributed by atoms with Gasteiger partial charge in [0.25, 0.3) is 5.91 Å². The predicted octanol–water partition coefficient (Wildman–Crippen LogP) is 1.93. The third kappa shape index (κ3) is 2.18. The molecule has 1 aromatic carbocycles. The van der Waals surface area contributed by atoms with Crippen molar-refractivity contribution in [3.05, 3.63) is 35.1 Å². The van der Waals surface area contributed by atoms with Crippen LogP contribution < -0.4 is 5.32 Å². The van der Waals surface area contributed by atoms with Gasteiger partial charge >= 0.3 is 0 Å². The highest BCUT2D eigenvalue weighted by Gasteiger charge is 2.42. The number of rotatable bonds is 1. The van der Waals surface area contributed by atoms with Crippen LogP contribution in [0.15, 0.2) is 12.1 Å². The highest BCUT2D eigenvalue weighted by molar-refractivity contribution is 5.95. The third-order valence-electron chi connectivity index (χ3n) is 4.28. The molecule has 20 heavy (non-hydrogen) atoms. The van der Waals surface area contributed by atoms with Crippen LogP contribution >= 0.6 is 0 Å². The number of hydrogen-bond acceptors (Lipinski definition) is 2. The Labute approximate surface area is 114 Å². The van der Waals surface area contributed by atoms with Gasteiger partial charge in [-0.25, -0.2) is 13.2 Å². The Bertz CT molecular complexity index is 532. The van der Waals surface area contributed by atoms with E-state index in [4.69, 9.17) is 0 Å². The van der Waals surface area contributed by atoms with Gasteiger partial charge in [0, 0.05) is 37.2 Å². The van der Waals surface area contributed by atoms with Crippen molar-refractivity contribution < 1.29 is 18.0 Å². The number of nitrogens with zero attached hydrogens (tertiary/aromatic N) is 1. The predicted molar refractivity (Wildman–Crippen MR) is 66.8 cm³/mol. The molecule has 6 heteroatoms. The zero-order chi connectivity index (χ0) is 14.3. The fraction of sp³-hybridized carbons (Fsp3) is 0.500. The van der Waals surface area contributed by atoms with Gasteiger partial charge in [0.2, 0.25) is 0 Å². The summed E-state index contributed by atoms with van der Waals surface area (Å²) in [4.78, 5) is 13.7. The van der Waals surface area contributed by atoms with E-state index in [1.807, 2.05) is 0 Å². The van der Waals surface area contributed by atoms with E-state index in [2.05, 4.69) is 5.32 Å². The fourth-order valence-electron chi connectivity index (χ4n) is 3.16. The highest BCUT2D eigenvalue weighted by Crippen LogP contribution is 2.36. The van der Waals surface area contributed by atoms with E-state index < -0.39 is 28.9 Å². The molecule has 2 saturated heterocycles. The van der Waals surface area contributed by atoms with Crippen LogP contribution in [0, 0.1) is 22.9 Å². The Hall–Kier alpha value is -1.56. The van der Waals surface area contributed by atoms with Crippen LogP contribution in [0.1, 0.15) is 23.2 Å². The zero-order valence-electron chi connectivity index (χ0n) is 10.9. The van der Waals surface area contributed by atoms with E-state index in [0.29, 0.717) is 25.2 Å². The van der Waals surface area contributed by atoms with Crippen LogP contribution in [-0.2, 0) is 0 Å². The monoisotopic (exact) mass is 284 g/mol. The molecule has 108 valence electrons. The summed E-state index contributed by atoms with van der Waals surface area (Å²) in [7, 11) is 0. The number of halogens is 3. The molecule has 2 aliphatic rings. The van der Waals surface area contributed by atoms with Crippen LogP contribution in [0.4, 0.5) is 13.2 Å². The number of amides is 1. The maximum atomic E-state index is 13.6. The lowest BCUT2D eigenvalue weighted by Gasteiger charge is -2.23. The standard InChI is InChI=1S/C14H15F3N2O/c15-9-5-10(16)12(11(17)6-9)13(20)19-4-2-14(8-19)1-3-18-7-14/h5-6,18H,1-4,7-8H2. The third-order valence-corrected chi connectivity index (χ3v) is 4.28. The molecule has 0 aliphatic carbocycles. The first-order valence-corrected chi connectivity index (χ1v) is 6.65. The smallest absolute Gasteiger partial charge is 0.259 e. The lowest BCUT2D eigenvalue weighted by atomic mass is 9.86. The quantitative estimate of drug-likeness (QED) is 0.854. The Kier molecular flexibility index (Phi) is 3.20. The number of carbonyl (C=O) groups excluding carboxylic acids is 1. The molecule has 0 aromatic heterocycles. The minimum atomic E-state index is -1.14. The van der Waals surface area contributed by atoms with Gasteiger partial charge in [-0.15, -0.1) is 0 Å². The number of benzene rings is 1. The largest absolute Gasteiger partial charge is 0.338 e. The second kappa shape index (κ2) is 4.77. The van der Waals surface area contributed by atoms with Crippen molar-refractivity contribution in [3.8, 4) is 0 Å². The Morgan fingerprint density at radius 3 is 2.50 bits per heavy atom. The van der Waals surface area contributed by atoms with Crippen molar-refractivity contribution in [1.29, 1.82) is 0 Å². The van der Waals surface area contributed by atoms with E-state index in [1.165, 1.54) is 4.90 Å². The van der Waals surface area contributed by atoms with Gasteiger partial charge in [0.1, 0.15) is 23.0 Å². The van der Waals surface area contributed by atoms with Crippen LogP contribution in [0.2, 0.25) is 0 Å². The minimum absolute atomic E-state index is 0.0304. The summed E-state index contributed by atoms with van der Waals surface area (Å²) >= 11 is 0. The molecule has 1 N–H and O–H groups in total. The van der Waals surface area contributed by atoms with Gasteiger partial charge < -0.3 is 10.2 Å². The Morgan fingerprint density at radius 2 is 1.90 bits per heavy atom. The molecule has 0 radical (unpaired) electrons. The number of carbonyl (C=O) groups is 1. The average Bonchev–Trinajstić information content (AvgIpc) is 2.99. The first-order valence-electron chi connectivity index (χ1n) is 6.65. The van der Waals surface area contributed by atoms with Crippen molar-refractivity contribution in [2.45, 2.75) is 12.8 Å². The van der Waals surface area contributed by atoms with Crippen molar-refractivity contribution in [2.75, 3.05) is 26.2 Å². The summed E-state index contributed by atoms with van der Waals surface area (Å²) in [6, 6.07) is 1.08. The van der Waals surface area contributed by atoms with Crippen LogP contribution in [-0.4, -0.2) is 37.0 Å². The summed E-state index contributed by atoms with van der Waals surface area (Å²) in [6.45, 7) is 2.71. The molecule has 1 amide bonds. The molecule has 3 rings (SSSR count). The summed E-state index contributed by atoms with van der Waals surface area (Å²) in [6.07, 6.45) is 1.79. The van der Waals surface area contributed by atoms with Gasteiger partial charge in [-0.3, -0.25) is 4.79 Å². The van der Waals surface area contributed by atoms with Crippen LogP contribution in [0.25, 0.3) is 0 Å². The molecule has 1 spiro atoms. The van der Waals surface area contributed by atoms with Gasteiger partial charge in [-0.2, -0.15) is 0 Å². The van der Waals surface area contributed by atoms with Gasteiger partial charge in [0.05, 0.1) is 0 Å². The maximum absolute atomic E-state index is 13.6. The highest BCUT2D eigenvalue weighted by atomic mass is 19.1. The van der Waals surface area contributed by atoms with E-state index in [-0.39, 0.29) is 5.41 Å². The SMILES string of the molecule is O=C(c1c(F)cc(F)cc1F)N1CCC2(CCNC2)C1. The molecule has 1 atom stereocenters. The summed E-state index contributed by atoms with van der Waals surface area (Å²) in [5.41, 5.74) is -0.628. The van der Waals surface area contributed by atoms with Crippen LogP contribution in [0.3, 0.4) is 0 Å². The van der Waals surface area contributed by atoms with Crippen molar-refractivity contribution in [1.82, 2.24) is 10.2 Å². The lowest BCUT2D eigenvalue weighted by molar-refractivity contribution is 0.0766. The molecule has 1 aromatic rings. The molecular weight excluding hydrogens is 269 g/mol. The number of hydrogen-bond donors (Lipinski definition) is 1. The molecule has 2 heterocycles. The summed E-state index contributed by atoms with van der Waals surface area (Å²) in [5, 5.41) is 3.25. The summed E-state index contributed by atoms with van der Waals surface area (Å²) < 4.78 is 40.2. The molecule has 0 bridgehead atoms. The number of likely N-dealkylation sites (tertiary alicyclic amines) is 1. The van der Waals surface area contributed by atoms with Crippen molar-refractivity contribution >= 4 is 5.91 Å². The summed E-state index contributed by atoms with van der Waals surface area (Å²) in [5.74, 6) is -3.99. The Balaban J connectivity index is 1.84. The lowest BCUT2D eigenvalue weighted by Crippen LogP contribution is -2.34. The average molecular weight is 284 g/mol. The van der Waals surface area contributed by atoms with E-state index in [9.17, 15) is 18.0 Å². The zero-order valence-corrected chi connectivity index (χ0v) is 10.9. The molecule has 1 unspecified atom stereocenters. The molecule has 0 saturated carbocycles. The normalized spacial score (nSPS) is 25.6. The van der Waals surface area contributed by atoms with E-state index in [0.717, 1.165) is 25.9 Å². The molecular formula is C14H15F3N2O. The van der Waals surface area contributed by atoms with Crippen molar-refractivity contribution in [3.63, 3.8) is 0 Å². The van der Waals surface area contributed by atoms with Gasteiger partial charge in [-0.1, -0.05) is 0 Å². The van der Waals surface area contributed by atoms with Gasteiger partial charge in [0.15, 0.2) is 0 Å². The van der Waals surface area contributed by atoms with Gasteiger partial charge in [-0.05, 0) is 19.4 Å². The second-order valence-corrected chi connectivity index (χ2v) is 5.65. The van der Waals surface area contributed by atoms with Crippen LogP contribution in [0.5, 0.6) is 0 Å². The second-order valence-electron chi connectivity index (χ2n) is 5.65. The molecule has 2 fully saturated rings. The topological polar surface area (TPSA) is 32.3 Å². The van der Waals surface area contributed by atoms with Crippen molar-refractivity contribution in [2.24, 2.45) is 5.41 Å².